The number of ketones is 1. The van der Waals surface area contributed by atoms with Gasteiger partial charge in [-0.2, -0.15) is 10.5 Å². The van der Waals surface area contributed by atoms with Crippen molar-refractivity contribution in [3.63, 3.8) is 0 Å². The van der Waals surface area contributed by atoms with Crippen molar-refractivity contribution in [2.24, 2.45) is 0 Å². The monoisotopic (exact) mass is 770 g/mol. The number of allylic oxidation sites excluding steroid dienone is 1. The quantitative estimate of drug-likeness (QED) is 0.159. The van der Waals surface area contributed by atoms with E-state index in [4.69, 9.17) is 24.1 Å². The molecule has 0 saturated carbocycles. The molecule has 0 fully saturated rings. The molecule has 0 aliphatic carbocycles. The molecule has 52 heavy (non-hydrogen) atoms. The first kappa shape index (κ1) is 38.9. The van der Waals surface area contributed by atoms with Gasteiger partial charge in [0.1, 0.15) is 35.3 Å². The fraction of sp³-hybridized carbons (Fsp3) is 0.0930. The van der Waals surface area contributed by atoms with Crippen molar-refractivity contribution in [2.75, 3.05) is 13.8 Å². The second-order valence-electron chi connectivity index (χ2n) is 11.7. The molecule has 5 aromatic carbocycles. The van der Waals surface area contributed by atoms with Crippen LogP contribution in [-0.4, -0.2) is 24.7 Å². The van der Waals surface area contributed by atoms with Crippen molar-refractivity contribution < 1.29 is 40.5 Å². The van der Waals surface area contributed by atoms with Crippen LogP contribution >= 0.6 is 7.26 Å². The van der Waals surface area contributed by atoms with Crippen molar-refractivity contribution in [2.45, 2.75) is 13.8 Å². The number of carbonyl (C=O) groups is 1. The minimum atomic E-state index is -1.53. The van der Waals surface area contributed by atoms with E-state index < -0.39 is 7.26 Å². The zero-order valence-electron chi connectivity index (χ0n) is 29.1. The molecule has 0 spiro atoms. The summed E-state index contributed by atoms with van der Waals surface area (Å²) in [7, 11) is 0.0468. The van der Waals surface area contributed by atoms with Gasteiger partial charge in [0, 0.05) is 28.5 Å². The van der Waals surface area contributed by atoms with Crippen LogP contribution in [0.1, 0.15) is 41.3 Å². The Bertz CT molecular complexity index is 2310. The van der Waals surface area contributed by atoms with Crippen molar-refractivity contribution in [1.29, 1.82) is 10.5 Å². The number of phenolic OH excluding ortho intramolecular Hbond substituents is 1. The molecule has 2 heterocycles. The number of nitriles is 2. The fourth-order valence-electron chi connectivity index (χ4n) is 5.78. The van der Waals surface area contributed by atoms with Crippen molar-refractivity contribution >= 4 is 56.5 Å². The standard InChI is InChI=1S/C19H18P.C13H11NO2.C11H7NO3.BrH/c1-20(17-11-5-2-6-12-17,18-13-7-3-8-14-18)19-15-9-4-10-16-19;1-8(2)10-4-5-12(15-3)13-11(10)6-9(7-14)16-13;1-6(13)8-2-3-10(14)11-9(8)4-7(5-12)15-11;/h2-16H,1H3;4-6H,1H2,2-3H3;2-4,14H,1H3;1H/q+1;;;/p-1. The third-order valence-corrected chi connectivity index (χ3v) is 12.4. The number of rotatable bonds is 6. The van der Waals surface area contributed by atoms with Crippen LogP contribution in [0, 0.1) is 22.7 Å². The van der Waals surface area contributed by atoms with Gasteiger partial charge in [0.05, 0.1) is 13.8 Å². The lowest BCUT2D eigenvalue weighted by Crippen LogP contribution is -3.00. The molecule has 2 aromatic heterocycles. The van der Waals surface area contributed by atoms with Crippen molar-refractivity contribution in [3.05, 3.63) is 157 Å². The molecule has 0 saturated heterocycles. The Hall–Kier alpha value is -5.92. The van der Waals surface area contributed by atoms with Crippen LogP contribution < -0.4 is 37.6 Å². The van der Waals surface area contributed by atoms with Gasteiger partial charge in [-0.15, -0.1) is 0 Å². The maximum absolute atomic E-state index is 11.3. The Labute approximate surface area is 314 Å². The summed E-state index contributed by atoms with van der Waals surface area (Å²) in [5, 5.41) is 32.6. The van der Waals surface area contributed by atoms with Gasteiger partial charge in [0.25, 0.3) is 0 Å². The second-order valence-corrected chi connectivity index (χ2v) is 15.3. The molecule has 0 atom stereocenters. The number of benzene rings is 5. The van der Waals surface area contributed by atoms with E-state index >= 15 is 0 Å². The molecular formula is C43H36BrN2O5P. The summed E-state index contributed by atoms with van der Waals surface area (Å²) in [6.45, 7) is 9.65. The fourth-order valence-corrected chi connectivity index (χ4v) is 8.98. The van der Waals surface area contributed by atoms with E-state index in [1.165, 1.54) is 41.0 Å². The minimum absolute atomic E-state index is 0. The number of phenols is 1. The Balaban J connectivity index is 0.000000175. The number of ether oxygens (including phenoxy) is 1. The van der Waals surface area contributed by atoms with Crippen LogP contribution in [-0.2, 0) is 0 Å². The maximum atomic E-state index is 11.3. The van der Waals surface area contributed by atoms with E-state index in [-0.39, 0.29) is 45.6 Å². The lowest BCUT2D eigenvalue weighted by molar-refractivity contribution is -0.0000206. The smallest absolute Gasteiger partial charge is 0.205 e. The number of hydrogen-bond acceptors (Lipinski definition) is 7. The molecule has 0 amide bonds. The average Bonchev–Trinajstić information content (AvgIpc) is 3.81. The third-order valence-electron chi connectivity index (χ3n) is 8.41. The normalized spacial score (nSPS) is 10.3. The topological polar surface area (TPSA) is 120 Å². The number of aromatic hydroxyl groups is 1. The first-order valence-corrected chi connectivity index (χ1v) is 18.2. The summed E-state index contributed by atoms with van der Waals surface area (Å²) in [5.74, 6) is 0.777. The maximum Gasteiger partial charge on any atom is 0.205 e. The molecule has 0 unspecified atom stereocenters. The van der Waals surface area contributed by atoms with Crippen molar-refractivity contribution in [3.8, 4) is 23.6 Å². The molecule has 0 radical (unpaired) electrons. The average molecular weight is 772 g/mol. The highest BCUT2D eigenvalue weighted by Gasteiger charge is 2.39. The molecule has 7 nitrogen and oxygen atoms in total. The second kappa shape index (κ2) is 17.3. The van der Waals surface area contributed by atoms with E-state index in [1.54, 1.807) is 13.2 Å². The van der Waals surface area contributed by atoms with Gasteiger partial charge in [-0.25, -0.2) is 0 Å². The third kappa shape index (κ3) is 8.17. The molecule has 260 valence electrons. The number of carbonyl (C=O) groups excluding carboxylic acids is 1. The van der Waals surface area contributed by atoms with E-state index in [9.17, 15) is 9.90 Å². The van der Waals surface area contributed by atoms with Crippen LogP contribution in [0.3, 0.4) is 0 Å². The van der Waals surface area contributed by atoms with E-state index in [0.717, 1.165) is 16.5 Å². The van der Waals surface area contributed by atoms with Crippen molar-refractivity contribution in [1.82, 2.24) is 0 Å². The van der Waals surface area contributed by atoms with Gasteiger partial charge in [0.15, 0.2) is 28.4 Å². The molecule has 0 bridgehead atoms. The number of fused-ring (bicyclic) bond motifs is 2. The van der Waals surface area contributed by atoms with Crippen LogP contribution in [0.4, 0.5) is 0 Å². The molecular weight excluding hydrogens is 735 g/mol. The highest BCUT2D eigenvalue weighted by Crippen LogP contribution is 2.51. The summed E-state index contributed by atoms with van der Waals surface area (Å²) in [4.78, 5) is 11.3. The Morgan fingerprint density at radius 1 is 0.692 bits per heavy atom. The van der Waals surface area contributed by atoms with Gasteiger partial charge >= 0.3 is 0 Å². The highest BCUT2D eigenvalue weighted by atomic mass is 79.9. The summed E-state index contributed by atoms with van der Waals surface area (Å²) in [5.41, 5.74) is 3.12. The summed E-state index contributed by atoms with van der Waals surface area (Å²) < 4.78 is 15.7. The summed E-state index contributed by atoms with van der Waals surface area (Å²) in [6.07, 6.45) is 0. The molecule has 1 N–H and O–H groups in total. The lowest BCUT2D eigenvalue weighted by Gasteiger charge is -2.22. The summed E-state index contributed by atoms with van der Waals surface area (Å²) >= 11 is 0. The summed E-state index contributed by atoms with van der Waals surface area (Å²) in [6, 6.07) is 46.2. The van der Waals surface area contributed by atoms with Crippen LogP contribution in [0.15, 0.2) is 143 Å². The highest BCUT2D eigenvalue weighted by molar-refractivity contribution is 7.95. The van der Waals surface area contributed by atoms with Crippen LogP contribution in [0.2, 0.25) is 0 Å². The number of methoxy groups -OCH3 is 1. The number of hydrogen-bond donors (Lipinski definition) is 1. The van der Waals surface area contributed by atoms with E-state index in [0.29, 0.717) is 22.3 Å². The Morgan fingerprint density at radius 3 is 1.52 bits per heavy atom. The molecule has 7 aromatic rings. The zero-order chi connectivity index (χ0) is 36.5. The molecule has 0 aliphatic heterocycles. The number of furan rings is 2. The molecule has 7 rings (SSSR count). The number of nitrogens with zero attached hydrogens (tertiary/aromatic N) is 2. The number of halogens is 1. The van der Waals surface area contributed by atoms with Gasteiger partial charge < -0.3 is 35.7 Å². The first-order chi connectivity index (χ1) is 24.6. The Morgan fingerprint density at radius 2 is 1.12 bits per heavy atom. The zero-order valence-corrected chi connectivity index (χ0v) is 31.6. The van der Waals surface area contributed by atoms with E-state index in [2.05, 4.69) is 104 Å². The number of Topliss-reactive ketones (excluding diaryl/α,β-unsaturated/α-hetero) is 1. The largest absolute Gasteiger partial charge is 1.00 e. The Kier molecular flexibility index (Phi) is 13.0. The predicted octanol–water partition coefficient (Wildman–Crippen LogP) is 6.17. The first-order valence-electron chi connectivity index (χ1n) is 16.0. The van der Waals surface area contributed by atoms with Gasteiger partial charge in [-0.1, -0.05) is 72.8 Å². The predicted molar refractivity (Wildman–Crippen MR) is 206 cm³/mol. The SMILES string of the molecule is C=C(C)c1ccc(OC)c2oc(C#N)cc12.CC(=O)c1ccc(O)c2oc(C#N)cc12.C[P+](c1ccccc1)(c1ccccc1)c1ccccc1.[Br-]. The molecule has 9 heteroatoms. The van der Waals surface area contributed by atoms with Gasteiger partial charge in [-0.05, 0) is 74.0 Å². The molecule has 0 aliphatic rings. The van der Waals surface area contributed by atoms with Crippen LogP contribution in [0.25, 0.3) is 27.5 Å². The van der Waals surface area contributed by atoms with Crippen LogP contribution in [0.5, 0.6) is 11.5 Å². The van der Waals surface area contributed by atoms with Gasteiger partial charge in [0.2, 0.25) is 11.5 Å². The van der Waals surface area contributed by atoms with Gasteiger partial charge in [-0.3, -0.25) is 4.79 Å². The van der Waals surface area contributed by atoms with E-state index in [1.807, 2.05) is 31.2 Å². The minimum Gasteiger partial charge on any atom is -1.00 e. The lowest BCUT2D eigenvalue weighted by atomic mass is 10.0.